The molecule has 0 radical (unpaired) electrons. The van der Waals surface area contributed by atoms with Crippen molar-refractivity contribution in [2.45, 2.75) is 116 Å². The van der Waals surface area contributed by atoms with Crippen molar-refractivity contribution in [3.8, 4) is 0 Å². The summed E-state index contributed by atoms with van der Waals surface area (Å²) < 4.78 is 11.7. The third-order valence-electron chi connectivity index (χ3n) is 5.59. The summed E-state index contributed by atoms with van der Waals surface area (Å²) in [6.45, 7) is 16.9. The van der Waals surface area contributed by atoms with Crippen LogP contribution in [0.5, 0.6) is 0 Å². The van der Waals surface area contributed by atoms with Crippen LogP contribution < -0.4 is 5.32 Å². The van der Waals surface area contributed by atoms with E-state index in [2.05, 4.69) is 39.2 Å². The summed E-state index contributed by atoms with van der Waals surface area (Å²) in [5.41, 5.74) is -0.549. The van der Waals surface area contributed by atoms with E-state index < -0.39 is 26.2 Å². The van der Waals surface area contributed by atoms with Gasteiger partial charge in [0.05, 0.1) is 0 Å². The molecule has 2 N–H and O–H groups in total. The first kappa shape index (κ1) is 23.4. The third kappa shape index (κ3) is 8.40. The maximum atomic E-state index is 11.7. The number of hydrogen-bond acceptors (Lipinski definition) is 4. The topological polar surface area (TPSA) is 67.8 Å². The lowest BCUT2D eigenvalue weighted by atomic mass is 9.84. The van der Waals surface area contributed by atoms with Crippen molar-refractivity contribution in [2.24, 2.45) is 5.92 Å². The molecule has 0 spiro atoms. The van der Waals surface area contributed by atoms with E-state index in [1.165, 1.54) is 0 Å². The highest BCUT2D eigenvalue weighted by atomic mass is 28.4. The molecule has 0 heterocycles. The average Bonchev–Trinajstić information content (AvgIpc) is 2.42. The number of hydrogen-bond donors (Lipinski definition) is 2. The number of aliphatic hydroxyl groups is 1. The van der Waals surface area contributed by atoms with E-state index in [9.17, 15) is 9.90 Å². The molecule has 26 heavy (non-hydrogen) atoms. The summed E-state index contributed by atoms with van der Waals surface area (Å²) in [6, 6.07) is 0. The molecule has 1 aliphatic carbocycles. The van der Waals surface area contributed by atoms with Crippen molar-refractivity contribution in [2.75, 3.05) is 0 Å². The monoisotopic (exact) mass is 387 g/mol. The van der Waals surface area contributed by atoms with E-state index >= 15 is 0 Å². The lowest BCUT2D eigenvalue weighted by Crippen LogP contribution is -2.44. The Morgan fingerprint density at radius 1 is 1.12 bits per heavy atom. The fraction of sp³-hybridized carbons (Fsp3) is 0.950. The minimum Gasteiger partial charge on any atom is -0.444 e. The maximum absolute atomic E-state index is 11.7. The number of aliphatic hydroxyl groups excluding tert-OH is 1. The number of alkyl carbamates (subject to hydrolysis) is 1. The summed E-state index contributed by atoms with van der Waals surface area (Å²) in [5.74, 6) is 0.601. The Labute approximate surface area is 161 Å². The predicted molar refractivity (Wildman–Crippen MR) is 109 cm³/mol. The second-order valence-electron chi connectivity index (χ2n) is 10.3. The van der Waals surface area contributed by atoms with Crippen molar-refractivity contribution < 1.29 is 19.1 Å². The Hall–Kier alpha value is -0.593. The van der Waals surface area contributed by atoms with Crippen LogP contribution in [0, 0.1) is 5.92 Å². The molecule has 5 nitrogen and oxygen atoms in total. The van der Waals surface area contributed by atoms with Gasteiger partial charge in [0.25, 0.3) is 0 Å². The van der Waals surface area contributed by atoms with Crippen molar-refractivity contribution in [3.63, 3.8) is 0 Å². The quantitative estimate of drug-likeness (QED) is 0.486. The van der Waals surface area contributed by atoms with Crippen molar-refractivity contribution in [1.29, 1.82) is 0 Å². The number of amides is 1. The normalized spacial score (nSPS) is 23.4. The average molecular weight is 388 g/mol. The van der Waals surface area contributed by atoms with Gasteiger partial charge in [-0.1, -0.05) is 20.8 Å². The zero-order valence-corrected chi connectivity index (χ0v) is 19.1. The highest BCUT2D eigenvalue weighted by Gasteiger charge is 2.39. The van der Waals surface area contributed by atoms with Gasteiger partial charge in [-0.15, -0.1) is 0 Å². The van der Waals surface area contributed by atoms with E-state index in [0.717, 1.165) is 32.1 Å². The molecule has 0 aromatic carbocycles. The molecule has 154 valence electrons. The number of carbonyl (C=O) groups is 1. The van der Waals surface area contributed by atoms with E-state index in [4.69, 9.17) is 9.16 Å². The fourth-order valence-corrected chi connectivity index (χ4v) is 4.46. The lowest BCUT2D eigenvalue weighted by molar-refractivity contribution is 0.0324. The Kier molecular flexibility index (Phi) is 8.17. The molecule has 1 saturated carbocycles. The largest absolute Gasteiger partial charge is 0.444 e. The molecule has 1 fully saturated rings. The van der Waals surface area contributed by atoms with E-state index in [1.54, 1.807) is 0 Å². The minimum absolute atomic E-state index is 0.251. The van der Waals surface area contributed by atoms with E-state index in [-0.39, 0.29) is 5.04 Å². The number of rotatable bonds is 6. The van der Waals surface area contributed by atoms with Gasteiger partial charge >= 0.3 is 6.09 Å². The van der Waals surface area contributed by atoms with E-state index in [1.807, 2.05) is 20.8 Å². The van der Waals surface area contributed by atoms with Crippen LogP contribution in [-0.2, 0) is 9.16 Å². The molecular formula is C20H41NO4Si. The molecule has 0 aliphatic heterocycles. The first-order valence-corrected chi connectivity index (χ1v) is 13.0. The molecule has 0 bridgehead atoms. The molecule has 0 aromatic rings. The van der Waals surface area contributed by atoms with Crippen molar-refractivity contribution in [3.05, 3.63) is 0 Å². The van der Waals surface area contributed by atoms with Gasteiger partial charge in [-0.05, 0) is 83.3 Å². The molecule has 0 aromatic heterocycles. The highest BCUT2D eigenvalue weighted by molar-refractivity contribution is 6.74. The van der Waals surface area contributed by atoms with Crippen LogP contribution in [0.25, 0.3) is 0 Å². The Bertz CT molecular complexity index is 446. The third-order valence-corrected chi connectivity index (χ3v) is 10.1. The molecule has 0 saturated heterocycles. The van der Waals surface area contributed by atoms with Crippen LogP contribution in [0.2, 0.25) is 18.1 Å². The summed E-state index contributed by atoms with van der Waals surface area (Å²) >= 11 is 0. The van der Waals surface area contributed by atoms with Gasteiger partial charge in [0.2, 0.25) is 0 Å². The van der Waals surface area contributed by atoms with Crippen LogP contribution in [0.15, 0.2) is 0 Å². The molecular weight excluding hydrogens is 346 g/mol. The van der Waals surface area contributed by atoms with Gasteiger partial charge in [-0.2, -0.15) is 0 Å². The summed E-state index contributed by atoms with van der Waals surface area (Å²) in [4.78, 5) is 11.7. The van der Waals surface area contributed by atoms with E-state index in [0.29, 0.717) is 18.4 Å². The van der Waals surface area contributed by atoms with Gasteiger partial charge in [0.1, 0.15) is 11.8 Å². The molecule has 1 amide bonds. The lowest BCUT2D eigenvalue weighted by Gasteiger charge is -2.41. The standard InChI is InChI=1S/C20H41NO4Si/c1-19(2,3)24-18(23)21-17(22)14-11-15-9-12-16(13-10-15)25-26(7,8)20(4,5)6/h15-17,22H,9-14H2,1-8H3,(H,21,23). The SMILES string of the molecule is CC(C)(C)OC(=O)NC(O)CCC1CCC(O[Si](C)(C)C(C)(C)C)CC1. The van der Waals surface area contributed by atoms with Crippen LogP contribution in [-0.4, -0.2) is 37.5 Å². The Morgan fingerprint density at radius 2 is 1.65 bits per heavy atom. The van der Waals surface area contributed by atoms with Crippen molar-refractivity contribution in [1.82, 2.24) is 5.32 Å². The molecule has 1 aliphatic rings. The Morgan fingerprint density at radius 3 is 2.12 bits per heavy atom. The van der Waals surface area contributed by atoms with Crippen molar-refractivity contribution >= 4 is 14.4 Å². The first-order chi connectivity index (χ1) is 11.7. The highest BCUT2D eigenvalue weighted by Crippen LogP contribution is 2.40. The zero-order chi connectivity index (χ0) is 20.2. The summed E-state index contributed by atoms with van der Waals surface area (Å²) in [5, 5.41) is 12.8. The molecule has 1 unspecified atom stereocenters. The van der Waals surface area contributed by atoms with Crippen LogP contribution in [0.4, 0.5) is 4.79 Å². The number of carbonyl (C=O) groups excluding carboxylic acids is 1. The second kappa shape index (κ2) is 9.07. The van der Waals surface area contributed by atoms with Gasteiger partial charge in [0, 0.05) is 6.10 Å². The Balaban J connectivity index is 2.29. The molecule has 1 rings (SSSR count). The van der Waals surface area contributed by atoms with Crippen LogP contribution >= 0.6 is 0 Å². The zero-order valence-electron chi connectivity index (χ0n) is 18.1. The molecule has 1 atom stereocenters. The second-order valence-corrected chi connectivity index (χ2v) is 15.0. The fourth-order valence-electron chi connectivity index (χ4n) is 3.04. The predicted octanol–water partition coefficient (Wildman–Crippen LogP) is 5.19. The smallest absolute Gasteiger partial charge is 0.409 e. The summed E-state index contributed by atoms with van der Waals surface area (Å²) in [7, 11) is -1.69. The maximum Gasteiger partial charge on any atom is 0.409 e. The number of ether oxygens (including phenoxy) is 1. The molecule has 6 heteroatoms. The van der Waals surface area contributed by atoms with Crippen LogP contribution in [0.1, 0.15) is 80.1 Å². The van der Waals surface area contributed by atoms with Gasteiger partial charge in [-0.3, -0.25) is 5.32 Å². The van der Waals surface area contributed by atoms with Gasteiger partial charge in [-0.25, -0.2) is 4.79 Å². The minimum atomic E-state index is -1.69. The first-order valence-electron chi connectivity index (χ1n) is 10.0. The summed E-state index contributed by atoms with van der Waals surface area (Å²) in [6.07, 6.45) is 4.96. The van der Waals surface area contributed by atoms with Gasteiger partial charge in [0.15, 0.2) is 8.32 Å². The number of nitrogens with one attached hydrogen (secondary N) is 1. The van der Waals surface area contributed by atoms with Crippen LogP contribution in [0.3, 0.4) is 0 Å². The van der Waals surface area contributed by atoms with Gasteiger partial charge < -0.3 is 14.3 Å².